The van der Waals surface area contributed by atoms with E-state index in [1.54, 1.807) is 37.3 Å². The van der Waals surface area contributed by atoms with Crippen molar-refractivity contribution in [2.24, 2.45) is 0 Å². The molecular weight excluding hydrogens is 372 g/mol. The van der Waals surface area contributed by atoms with Crippen LogP contribution < -0.4 is 11.2 Å². The quantitative estimate of drug-likeness (QED) is 0.393. The summed E-state index contributed by atoms with van der Waals surface area (Å²) in [6.07, 6.45) is 0. The minimum atomic E-state index is -0.670. The van der Waals surface area contributed by atoms with Gasteiger partial charge in [0.1, 0.15) is 12.2 Å². The highest BCUT2D eigenvalue weighted by Gasteiger charge is 2.18. The Kier molecular flexibility index (Phi) is 4.72. The van der Waals surface area contributed by atoms with Crippen LogP contribution in [0, 0.1) is 6.92 Å². The molecule has 0 unspecified atom stereocenters. The molecule has 0 atom stereocenters. The zero-order valence-electron chi connectivity index (χ0n) is 16.0. The maximum absolute atomic E-state index is 12.8. The first-order chi connectivity index (χ1) is 14.0. The normalized spacial score (nSPS) is 11.1. The molecule has 0 aliphatic rings. The fraction of sp³-hybridized carbons (Fsp3) is 0.182. The fourth-order valence-electron chi connectivity index (χ4n) is 3.27. The van der Waals surface area contributed by atoms with Crippen LogP contribution in [-0.2, 0) is 17.9 Å². The van der Waals surface area contributed by atoms with Crippen LogP contribution in [0.1, 0.15) is 28.5 Å². The summed E-state index contributed by atoms with van der Waals surface area (Å²) in [4.78, 5) is 37.1. The van der Waals surface area contributed by atoms with E-state index in [2.05, 4.69) is 5.10 Å². The lowest BCUT2D eigenvalue weighted by molar-refractivity contribution is 0.0466. The summed E-state index contributed by atoms with van der Waals surface area (Å²) in [5.74, 6) is -0.670. The molecule has 29 heavy (non-hydrogen) atoms. The second-order valence-corrected chi connectivity index (χ2v) is 6.68. The van der Waals surface area contributed by atoms with E-state index >= 15 is 0 Å². The smallest absolute Gasteiger partial charge is 0.359 e. The molecule has 2 aromatic heterocycles. The number of carbonyl (C=O) groups is 1. The molecule has 0 fully saturated rings. The van der Waals surface area contributed by atoms with Gasteiger partial charge in [0.15, 0.2) is 5.69 Å². The number of hydrogen-bond acceptors (Lipinski definition) is 6. The average molecular weight is 390 g/mol. The van der Waals surface area contributed by atoms with Gasteiger partial charge < -0.3 is 9.15 Å². The van der Waals surface area contributed by atoms with Gasteiger partial charge in [0, 0.05) is 28.9 Å². The predicted octanol–water partition coefficient (Wildman–Crippen LogP) is 3.19. The Morgan fingerprint density at radius 3 is 2.59 bits per heavy atom. The van der Waals surface area contributed by atoms with Gasteiger partial charge in [-0.15, -0.1) is 0 Å². The monoisotopic (exact) mass is 390 g/mol. The van der Waals surface area contributed by atoms with E-state index in [4.69, 9.17) is 9.15 Å². The Bertz CT molecular complexity index is 1370. The van der Waals surface area contributed by atoms with Crippen LogP contribution in [0.15, 0.2) is 62.5 Å². The lowest BCUT2D eigenvalue weighted by Gasteiger charge is -2.10. The van der Waals surface area contributed by atoms with Gasteiger partial charge in [-0.05, 0) is 31.5 Å². The van der Waals surface area contributed by atoms with Gasteiger partial charge in [-0.1, -0.05) is 30.3 Å². The van der Waals surface area contributed by atoms with E-state index in [1.165, 1.54) is 10.7 Å². The zero-order valence-corrected chi connectivity index (χ0v) is 16.0. The first-order valence-electron chi connectivity index (χ1n) is 9.18. The lowest BCUT2D eigenvalue weighted by Crippen LogP contribution is -2.25. The van der Waals surface area contributed by atoms with Crippen LogP contribution in [0.2, 0.25) is 0 Å². The molecule has 0 amide bonds. The molecular formula is C22H18N2O5. The first-order valence-corrected chi connectivity index (χ1v) is 9.18. The molecule has 146 valence electrons. The van der Waals surface area contributed by atoms with Gasteiger partial charge in [0.05, 0.1) is 5.39 Å². The third-order valence-electron chi connectivity index (χ3n) is 4.71. The maximum Gasteiger partial charge on any atom is 0.359 e. The third-order valence-corrected chi connectivity index (χ3v) is 4.71. The molecule has 0 aliphatic carbocycles. The number of rotatable bonds is 4. The fourth-order valence-corrected chi connectivity index (χ4v) is 3.27. The van der Waals surface area contributed by atoms with Gasteiger partial charge >= 0.3 is 11.6 Å². The summed E-state index contributed by atoms with van der Waals surface area (Å²) in [6, 6.07) is 13.6. The Hall–Kier alpha value is -3.74. The highest BCUT2D eigenvalue weighted by molar-refractivity contribution is 6.02. The SMILES string of the molecule is CCn1nc(C(=O)OCc2cc(=O)oc3cc(C)ccc23)c2ccccc2c1=O. The Morgan fingerprint density at radius 2 is 1.83 bits per heavy atom. The van der Waals surface area contributed by atoms with E-state index in [-0.39, 0.29) is 17.9 Å². The van der Waals surface area contributed by atoms with E-state index in [1.807, 2.05) is 19.1 Å². The van der Waals surface area contributed by atoms with Crippen LogP contribution in [0.4, 0.5) is 0 Å². The van der Waals surface area contributed by atoms with Gasteiger partial charge in [-0.25, -0.2) is 14.3 Å². The molecule has 0 bridgehead atoms. The van der Waals surface area contributed by atoms with Crippen molar-refractivity contribution in [1.29, 1.82) is 0 Å². The summed E-state index contributed by atoms with van der Waals surface area (Å²) in [6.45, 7) is 3.88. The molecule has 0 saturated heterocycles. The number of fused-ring (bicyclic) bond motifs is 2. The van der Waals surface area contributed by atoms with E-state index < -0.39 is 11.6 Å². The van der Waals surface area contributed by atoms with Crippen molar-refractivity contribution in [3.05, 3.63) is 86.1 Å². The van der Waals surface area contributed by atoms with Crippen LogP contribution >= 0.6 is 0 Å². The minimum Gasteiger partial charge on any atom is -0.456 e. The largest absolute Gasteiger partial charge is 0.456 e. The van der Waals surface area contributed by atoms with Gasteiger partial charge in [0.2, 0.25) is 0 Å². The number of aryl methyl sites for hydroxylation is 2. The van der Waals surface area contributed by atoms with E-state index in [9.17, 15) is 14.4 Å². The van der Waals surface area contributed by atoms with Crippen molar-refractivity contribution in [2.45, 2.75) is 27.0 Å². The highest BCUT2D eigenvalue weighted by Crippen LogP contribution is 2.20. The molecule has 0 N–H and O–H groups in total. The Balaban J connectivity index is 1.72. The van der Waals surface area contributed by atoms with E-state index in [0.29, 0.717) is 33.8 Å². The van der Waals surface area contributed by atoms with Gasteiger partial charge in [0.25, 0.3) is 5.56 Å². The standard InChI is InChI=1S/C22H18N2O5/c1-3-24-21(26)17-7-5-4-6-16(17)20(23-24)22(27)28-12-14-11-19(25)29-18-10-13(2)8-9-15(14)18/h4-11H,3,12H2,1-2H3. The molecule has 0 saturated carbocycles. The third kappa shape index (κ3) is 3.42. The molecule has 0 spiro atoms. The van der Waals surface area contributed by atoms with Gasteiger partial charge in [-0.3, -0.25) is 4.79 Å². The summed E-state index contributed by atoms with van der Waals surface area (Å²) >= 11 is 0. The average Bonchev–Trinajstić information content (AvgIpc) is 2.71. The van der Waals surface area contributed by atoms with Crippen molar-refractivity contribution in [3.8, 4) is 0 Å². The zero-order chi connectivity index (χ0) is 20.5. The van der Waals surface area contributed by atoms with Crippen LogP contribution in [0.3, 0.4) is 0 Å². The van der Waals surface area contributed by atoms with Crippen molar-refractivity contribution in [1.82, 2.24) is 9.78 Å². The maximum atomic E-state index is 12.8. The second kappa shape index (κ2) is 7.35. The number of carbonyl (C=O) groups excluding carboxylic acids is 1. The number of esters is 1. The van der Waals surface area contributed by atoms with Crippen molar-refractivity contribution < 1.29 is 13.9 Å². The lowest BCUT2D eigenvalue weighted by atomic mass is 10.1. The van der Waals surface area contributed by atoms with Crippen LogP contribution in [0.5, 0.6) is 0 Å². The number of benzene rings is 2. The minimum absolute atomic E-state index is 0.0603. The molecule has 2 aromatic carbocycles. The molecule has 7 heteroatoms. The molecule has 4 rings (SSSR count). The molecule has 0 radical (unpaired) electrons. The summed E-state index contributed by atoms with van der Waals surface area (Å²) in [7, 11) is 0. The van der Waals surface area contributed by atoms with Crippen molar-refractivity contribution in [2.75, 3.05) is 0 Å². The van der Waals surface area contributed by atoms with Gasteiger partial charge in [-0.2, -0.15) is 5.10 Å². The van der Waals surface area contributed by atoms with Crippen LogP contribution in [-0.4, -0.2) is 15.7 Å². The predicted molar refractivity (Wildman–Crippen MR) is 108 cm³/mol. The molecule has 2 heterocycles. The number of ether oxygens (including phenoxy) is 1. The molecule has 7 nitrogen and oxygen atoms in total. The summed E-state index contributed by atoms with van der Waals surface area (Å²) < 4.78 is 11.9. The molecule has 0 aliphatic heterocycles. The number of hydrogen-bond donors (Lipinski definition) is 0. The summed E-state index contributed by atoms with van der Waals surface area (Å²) in [5, 5.41) is 5.70. The van der Waals surface area contributed by atoms with Crippen molar-refractivity contribution in [3.63, 3.8) is 0 Å². The van der Waals surface area contributed by atoms with E-state index in [0.717, 1.165) is 5.56 Å². The molecule has 4 aromatic rings. The Labute approximate surface area is 165 Å². The van der Waals surface area contributed by atoms with Crippen LogP contribution in [0.25, 0.3) is 21.7 Å². The Morgan fingerprint density at radius 1 is 1.07 bits per heavy atom. The number of aromatic nitrogens is 2. The summed E-state index contributed by atoms with van der Waals surface area (Å²) in [5.41, 5.74) is 1.21. The second-order valence-electron chi connectivity index (χ2n) is 6.68. The topological polar surface area (TPSA) is 91.4 Å². The highest BCUT2D eigenvalue weighted by atomic mass is 16.5. The first kappa shape index (κ1) is 18.6. The van der Waals surface area contributed by atoms with Crippen molar-refractivity contribution >= 4 is 27.7 Å². The number of nitrogens with zero attached hydrogens (tertiary/aromatic N) is 2.